The van der Waals surface area contributed by atoms with E-state index in [9.17, 15) is 9.18 Å². The number of hydrogen-bond donors (Lipinski definition) is 0. The van der Waals surface area contributed by atoms with Gasteiger partial charge in [0.2, 0.25) is 0 Å². The number of imidazole rings is 1. The topological polar surface area (TPSA) is 37.6 Å². The Kier molecular flexibility index (Phi) is 4.31. The molecule has 3 aromatic rings. The summed E-state index contributed by atoms with van der Waals surface area (Å²) < 4.78 is 15.6. The highest BCUT2D eigenvalue weighted by atomic mass is 32.1. The Balaban J connectivity index is 1.52. The summed E-state index contributed by atoms with van der Waals surface area (Å²) in [6.07, 6.45) is 1.78. The van der Waals surface area contributed by atoms with Gasteiger partial charge in [-0.3, -0.25) is 9.20 Å². The number of carbonyl (C=O) groups is 1. The van der Waals surface area contributed by atoms with Gasteiger partial charge in [-0.05, 0) is 51.8 Å². The largest absolute Gasteiger partial charge is 0.339 e. The highest BCUT2D eigenvalue weighted by molar-refractivity contribution is 7.17. The number of rotatable bonds is 2. The van der Waals surface area contributed by atoms with E-state index in [1.54, 1.807) is 23.5 Å². The van der Waals surface area contributed by atoms with E-state index in [0.29, 0.717) is 24.6 Å². The Bertz CT molecular complexity index is 983. The summed E-state index contributed by atoms with van der Waals surface area (Å²) in [5, 5.41) is 0. The number of halogens is 1. The summed E-state index contributed by atoms with van der Waals surface area (Å²) in [5.74, 6) is 0.949. The van der Waals surface area contributed by atoms with Crippen molar-refractivity contribution in [2.75, 3.05) is 13.1 Å². The van der Waals surface area contributed by atoms with Crippen LogP contribution in [0.15, 0.2) is 24.3 Å². The van der Waals surface area contributed by atoms with E-state index in [0.717, 1.165) is 18.7 Å². The first kappa shape index (κ1) is 17.2. The van der Waals surface area contributed by atoms with Crippen LogP contribution in [0, 0.1) is 26.6 Å². The van der Waals surface area contributed by atoms with Crippen molar-refractivity contribution >= 4 is 22.1 Å². The molecule has 4 rings (SSSR count). The Hall–Kier alpha value is -2.21. The van der Waals surface area contributed by atoms with Gasteiger partial charge in [0, 0.05) is 35.1 Å². The minimum absolute atomic E-state index is 0.0862. The molecule has 0 saturated carbocycles. The van der Waals surface area contributed by atoms with Gasteiger partial charge < -0.3 is 4.90 Å². The average molecular weight is 371 g/mol. The van der Waals surface area contributed by atoms with Crippen LogP contribution in [0.3, 0.4) is 0 Å². The summed E-state index contributed by atoms with van der Waals surface area (Å²) in [5.41, 5.74) is 2.86. The maximum atomic E-state index is 13.4. The van der Waals surface area contributed by atoms with Gasteiger partial charge >= 0.3 is 0 Å². The molecule has 1 aromatic carbocycles. The Morgan fingerprint density at radius 1 is 1.23 bits per heavy atom. The molecule has 136 valence electrons. The van der Waals surface area contributed by atoms with Crippen molar-refractivity contribution in [2.45, 2.75) is 39.5 Å². The molecule has 3 heterocycles. The fraction of sp³-hybridized carbons (Fsp3) is 0.400. The van der Waals surface area contributed by atoms with E-state index < -0.39 is 0 Å². The molecule has 2 aromatic heterocycles. The van der Waals surface area contributed by atoms with Crippen LogP contribution in [0.25, 0.3) is 4.83 Å². The minimum atomic E-state index is -0.370. The van der Waals surface area contributed by atoms with Crippen LogP contribution in [0.4, 0.5) is 4.39 Å². The molecule has 1 aliphatic heterocycles. The fourth-order valence-corrected chi connectivity index (χ4v) is 5.04. The predicted octanol–water partition coefficient (Wildman–Crippen LogP) is 4.48. The van der Waals surface area contributed by atoms with Crippen molar-refractivity contribution < 1.29 is 9.18 Å². The maximum absolute atomic E-state index is 13.4. The van der Waals surface area contributed by atoms with E-state index in [2.05, 4.69) is 25.2 Å². The van der Waals surface area contributed by atoms with Crippen LogP contribution in [-0.4, -0.2) is 33.3 Å². The van der Waals surface area contributed by atoms with Crippen LogP contribution in [0.5, 0.6) is 0 Å². The number of nitrogens with zero attached hydrogens (tertiary/aromatic N) is 3. The zero-order valence-corrected chi connectivity index (χ0v) is 16.1. The molecule has 26 heavy (non-hydrogen) atoms. The second-order valence-corrected chi connectivity index (χ2v) is 8.21. The third-order valence-electron chi connectivity index (χ3n) is 5.36. The molecule has 1 amide bonds. The Morgan fingerprint density at radius 2 is 1.96 bits per heavy atom. The standard InChI is InChI=1S/C20H22FN3OS/c1-12-13(2)26-20-18(22-14(3)24(12)20)15-7-9-23(10-8-15)19(25)16-5-4-6-17(21)11-16/h4-6,11,15H,7-10H2,1-3H3. The highest BCUT2D eigenvalue weighted by Gasteiger charge is 2.28. The lowest BCUT2D eigenvalue weighted by atomic mass is 9.93. The molecule has 4 nitrogen and oxygen atoms in total. The van der Waals surface area contributed by atoms with Gasteiger partial charge in [-0.2, -0.15) is 0 Å². The summed E-state index contributed by atoms with van der Waals surface area (Å²) >= 11 is 1.80. The molecule has 1 saturated heterocycles. The average Bonchev–Trinajstić information content (AvgIpc) is 3.11. The molecule has 1 fully saturated rings. The molecule has 0 unspecified atom stereocenters. The number of aromatic nitrogens is 2. The quantitative estimate of drug-likeness (QED) is 0.666. The third kappa shape index (κ3) is 2.82. The summed E-state index contributed by atoms with van der Waals surface area (Å²) in [6.45, 7) is 7.70. The summed E-state index contributed by atoms with van der Waals surface area (Å²) in [7, 11) is 0. The lowest BCUT2D eigenvalue weighted by Crippen LogP contribution is -2.38. The van der Waals surface area contributed by atoms with Gasteiger partial charge in [0.15, 0.2) is 0 Å². The van der Waals surface area contributed by atoms with Crippen LogP contribution >= 0.6 is 11.3 Å². The van der Waals surface area contributed by atoms with Gasteiger partial charge in [-0.15, -0.1) is 11.3 Å². The van der Waals surface area contributed by atoms with Crippen LogP contribution < -0.4 is 0 Å². The van der Waals surface area contributed by atoms with Crippen molar-refractivity contribution in [3.8, 4) is 0 Å². The second kappa shape index (κ2) is 6.50. The monoisotopic (exact) mass is 371 g/mol. The van der Waals surface area contributed by atoms with Gasteiger partial charge in [-0.25, -0.2) is 9.37 Å². The summed E-state index contributed by atoms with van der Waals surface area (Å²) in [6, 6.07) is 5.94. The van der Waals surface area contributed by atoms with Crippen LogP contribution in [-0.2, 0) is 0 Å². The fourth-order valence-electron chi connectivity index (χ4n) is 3.83. The smallest absolute Gasteiger partial charge is 0.253 e. The first-order valence-corrected chi connectivity index (χ1v) is 9.77. The third-order valence-corrected chi connectivity index (χ3v) is 6.55. The van der Waals surface area contributed by atoms with Gasteiger partial charge in [-0.1, -0.05) is 6.07 Å². The van der Waals surface area contributed by atoms with Crippen LogP contribution in [0.1, 0.15) is 51.2 Å². The molecular weight excluding hydrogens is 349 g/mol. The Morgan fingerprint density at radius 3 is 2.65 bits per heavy atom. The molecule has 0 radical (unpaired) electrons. The SMILES string of the molecule is Cc1sc2c(C3CCN(C(=O)c4cccc(F)c4)CC3)nc(C)n2c1C. The van der Waals surface area contributed by atoms with Gasteiger partial charge in [0.1, 0.15) is 16.5 Å². The number of carbonyl (C=O) groups excluding carboxylic acids is 1. The van der Waals surface area contributed by atoms with Gasteiger partial charge in [0.05, 0.1) is 5.69 Å². The second-order valence-electron chi connectivity index (χ2n) is 7.01. The number of piperidine rings is 1. The molecule has 0 atom stereocenters. The van der Waals surface area contributed by atoms with E-state index >= 15 is 0 Å². The van der Waals surface area contributed by atoms with E-state index in [-0.39, 0.29) is 11.7 Å². The molecule has 0 spiro atoms. The maximum Gasteiger partial charge on any atom is 0.253 e. The first-order chi connectivity index (χ1) is 12.5. The van der Waals surface area contributed by atoms with Crippen molar-refractivity contribution in [2.24, 2.45) is 0 Å². The Labute approximate surface area is 156 Å². The zero-order chi connectivity index (χ0) is 18.4. The molecule has 1 aliphatic rings. The number of amides is 1. The number of benzene rings is 1. The number of thiazole rings is 1. The molecule has 0 aliphatic carbocycles. The zero-order valence-electron chi connectivity index (χ0n) is 15.3. The van der Waals surface area contributed by atoms with Gasteiger partial charge in [0.25, 0.3) is 5.91 Å². The van der Waals surface area contributed by atoms with Crippen molar-refractivity contribution in [3.05, 3.63) is 57.7 Å². The molecule has 0 N–H and O–H groups in total. The van der Waals surface area contributed by atoms with E-state index in [1.165, 1.54) is 33.2 Å². The normalized spacial score (nSPS) is 15.8. The molecule has 0 bridgehead atoms. The number of aryl methyl sites for hydroxylation is 3. The van der Waals surface area contributed by atoms with Crippen LogP contribution in [0.2, 0.25) is 0 Å². The molecular formula is C20H22FN3OS. The number of hydrogen-bond acceptors (Lipinski definition) is 3. The first-order valence-electron chi connectivity index (χ1n) is 8.95. The minimum Gasteiger partial charge on any atom is -0.339 e. The summed E-state index contributed by atoms with van der Waals surface area (Å²) in [4.78, 5) is 21.8. The molecule has 6 heteroatoms. The predicted molar refractivity (Wildman–Crippen MR) is 102 cm³/mol. The highest BCUT2D eigenvalue weighted by Crippen LogP contribution is 2.35. The van der Waals surface area contributed by atoms with Crippen molar-refractivity contribution in [1.82, 2.24) is 14.3 Å². The van der Waals surface area contributed by atoms with Crippen molar-refractivity contribution in [1.29, 1.82) is 0 Å². The lowest BCUT2D eigenvalue weighted by Gasteiger charge is -2.31. The lowest BCUT2D eigenvalue weighted by molar-refractivity contribution is 0.0712. The number of fused-ring (bicyclic) bond motifs is 1. The van der Waals surface area contributed by atoms with E-state index in [4.69, 9.17) is 4.98 Å². The van der Waals surface area contributed by atoms with E-state index in [1.807, 2.05) is 4.90 Å². The van der Waals surface area contributed by atoms with Crippen molar-refractivity contribution in [3.63, 3.8) is 0 Å². The number of likely N-dealkylation sites (tertiary alicyclic amines) is 1.